The van der Waals surface area contributed by atoms with E-state index in [1.54, 1.807) is 0 Å². The fourth-order valence-corrected chi connectivity index (χ4v) is 3.64. The van der Waals surface area contributed by atoms with E-state index < -0.39 is 0 Å². The summed E-state index contributed by atoms with van der Waals surface area (Å²) in [7, 11) is 2.23. The van der Waals surface area contributed by atoms with Crippen molar-refractivity contribution in [1.82, 2.24) is 15.1 Å². The van der Waals surface area contributed by atoms with Gasteiger partial charge in [0.2, 0.25) is 0 Å². The van der Waals surface area contributed by atoms with Gasteiger partial charge in [0.1, 0.15) is 0 Å². The van der Waals surface area contributed by atoms with Gasteiger partial charge in [-0.05, 0) is 52.1 Å². The van der Waals surface area contributed by atoms with E-state index in [1.165, 1.54) is 58.4 Å². The molecule has 1 aliphatic heterocycles. The standard InChI is InChI=1S/C17H35N3/c1-15-5-7-16(8-6-15)13-18-14-17(2,3)20-11-9-19(4)10-12-20/h15-16,18H,5-14H2,1-4H3. The Bertz CT molecular complexity index is 274. The molecule has 0 amide bonds. The maximum atomic E-state index is 3.76. The quantitative estimate of drug-likeness (QED) is 0.835. The van der Waals surface area contributed by atoms with Gasteiger partial charge in [-0.25, -0.2) is 0 Å². The van der Waals surface area contributed by atoms with Crippen LogP contribution in [0.2, 0.25) is 0 Å². The highest BCUT2D eigenvalue weighted by Crippen LogP contribution is 2.27. The Balaban J connectivity index is 1.67. The van der Waals surface area contributed by atoms with Crippen molar-refractivity contribution in [3.8, 4) is 0 Å². The Kier molecular flexibility index (Phi) is 5.88. The third-order valence-corrected chi connectivity index (χ3v) is 5.49. The third kappa shape index (κ3) is 4.71. The van der Waals surface area contributed by atoms with Crippen LogP contribution >= 0.6 is 0 Å². The highest BCUT2D eigenvalue weighted by molar-refractivity contribution is 4.87. The van der Waals surface area contributed by atoms with Gasteiger partial charge in [-0.1, -0.05) is 19.8 Å². The van der Waals surface area contributed by atoms with E-state index in [9.17, 15) is 0 Å². The van der Waals surface area contributed by atoms with Gasteiger partial charge >= 0.3 is 0 Å². The van der Waals surface area contributed by atoms with E-state index in [1.807, 2.05) is 0 Å². The lowest BCUT2D eigenvalue weighted by Gasteiger charge is -2.43. The highest BCUT2D eigenvalue weighted by atomic mass is 15.3. The molecule has 3 nitrogen and oxygen atoms in total. The van der Waals surface area contributed by atoms with Crippen LogP contribution in [0.4, 0.5) is 0 Å². The molecule has 1 aliphatic carbocycles. The molecule has 118 valence electrons. The van der Waals surface area contributed by atoms with Crippen molar-refractivity contribution in [3.63, 3.8) is 0 Å². The summed E-state index contributed by atoms with van der Waals surface area (Å²) in [6.07, 6.45) is 5.74. The normalized spacial score (nSPS) is 30.6. The first-order chi connectivity index (χ1) is 9.47. The number of hydrogen-bond donors (Lipinski definition) is 1. The van der Waals surface area contributed by atoms with Crippen LogP contribution < -0.4 is 5.32 Å². The van der Waals surface area contributed by atoms with Crippen molar-refractivity contribution >= 4 is 0 Å². The Morgan fingerprint density at radius 2 is 1.60 bits per heavy atom. The zero-order chi connectivity index (χ0) is 14.6. The molecule has 1 N–H and O–H groups in total. The molecular weight excluding hydrogens is 246 g/mol. The van der Waals surface area contributed by atoms with Gasteiger partial charge in [-0.15, -0.1) is 0 Å². The number of likely N-dealkylation sites (N-methyl/N-ethyl adjacent to an activating group) is 1. The number of piperazine rings is 1. The predicted octanol–water partition coefficient (Wildman–Crippen LogP) is 2.43. The topological polar surface area (TPSA) is 18.5 Å². The van der Waals surface area contributed by atoms with E-state index in [0.29, 0.717) is 5.54 Å². The number of nitrogens with zero attached hydrogens (tertiary/aromatic N) is 2. The first-order valence-electron chi connectivity index (χ1n) is 8.61. The van der Waals surface area contributed by atoms with Crippen LogP contribution in [0.3, 0.4) is 0 Å². The zero-order valence-electron chi connectivity index (χ0n) is 14.1. The van der Waals surface area contributed by atoms with Crippen LogP contribution in [0.5, 0.6) is 0 Å². The van der Waals surface area contributed by atoms with Gasteiger partial charge in [-0.2, -0.15) is 0 Å². The molecule has 1 saturated heterocycles. The molecule has 1 heterocycles. The monoisotopic (exact) mass is 281 g/mol. The third-order valence-electron chi connectivity index (χ3n) is 5.49. The van der Waals surface area contributed by atoms with E-state index in [-0.39, 0.29) is 0 Å². The zero-order valence-corrected chi connectivity index (χ0v) is 14.1. The van der Waals surface area contributed by atoms with Gasteiger partial charge < -0.3 is 10.2 Å². The van der Waals surface area contributed by atoms with Crippen molar-refractivity contribution in [2.45, 2.75) is 52.0 Å². The summed E-state index contributed by atoms with van der Waals surface area (Å²) >= 11 is 0. The van der Waals surface area contributed by atoms with Crippen molar-refractivity contribution in [1.29, 1.82) is 0 Å². The summed E-state index contributed by atoms with van der Waals surface area (Å²) in [5.41, 5.74) is 0.295. The van der Waals surface area contributed by atoms with Crippen LogP contribution in [0, 0.1) is 11.8 Å². The van der Waals surface area contributed by atoms with Gasteiger partial charge in [0, 0.05) is 38.3 Å². The van der Waals surface area contributed by atoms with Crippen LogP contribution in [-0.2, 0) is 0 Å². The van der Waals surface area contributed by atoms with E-state index in [2.05, 4.69) is 42.9 Å². The first-order valence-corrected chi connectivity index (χ1v) is 8.61. The highest BCUT2D eigenvalue weighted by Gasteiger charge is 2.29. The Hall–Kier alpha value is -0.120. The van der Waals surface area contributed by atoms with Crippen LogP contribution in [0.25, 0.3) is 0 Å². The summed E-state index contributed by atoms with van der Waals surface area (Å²) in [6, 6.07) is 0. The second kappa shape index (κ2) is 7.24. The van der Waals surface area contributed by atoms with E-state index in [0.717, 1.165) is 18.4 Å². The molecule has 0 aromatic rings. The molecular formula is C17H35N3. The molecule has 2 aliphatic rings. The molecule has 0 aromatic carbocycles. The summed E-state index contributed by atoms with van der Waals surface area (Å²) < 4.78 is 0. The van der Waals surface area contributed by atoms with Crippen molar-refractivity contribution in [2.75, 3.05) is 46.3 Å². The number of rotatable bonds is 5. The molecule has 0 bridgehead atoms. The number of nitrogens with one attached hydrogen (secondary N) is 1. The maximum Gasteiger partial charge on any atom is 0.0278 e. The fraction of sp³-hybridized carbons (Fsp3) is 1.00. The minimum Gasteiger partial charge on any atom is -0.315 e. The predicted molar refractivity (Wildman–Crippen MR) is 87.1 cm³/mol. The van der Waals surface area contributed by atoms with Gasteiger partial charge in [0.15, 0.2) is 0 Å². The van der Waals surface area contributed by atoms with Gasteiger partial charge in [0.25, 0.3) is 0 Å². The lowest BCUT2D eigenvalue weighted by atomic mass is 9.83. The van der Waals surface area contributed by atoms with Crippen molar-refractivity contribution < 1.29 is 0 Å². The molecule has 2 rings (SSSR count). The molecule has 2 fully saturated rings. The molecule has 1 saturated carbocycles. The largest absolute Gasteiger partial charge is 0.315 e. The fourth-order valence-electron chi connectivity index (χ4n) is 3.64. The summed E-state index contributed by atoms with van der Waals surface area (Å²) in [5, 5.41) is 3.76. The molecule has 0 atom stereocenters. The van der Waals surface area contributed by atoms with Crippen LogP contribution in [0.15, 0.2) is 0 Å². The van der Waals surface area contributed by atoms with Crippen LogP contribution in [0.1, 0.15) is 46.5 Å². The second-order valence-electron chi connectivity index (χ2n) is 7.86. The smallest absolute Gasteiger partial charge is 0.0278 e. The number of hydrogen-bond acceptors (Lipinski definition) is 3. The molecule has 0 unspecified atom stereocenters. The van der Waals surface area contributed by atoms with E-state index in [4.69, 9.17) is 0 Å². The molecule has 0 spiro atoms. The minimum absolute atomic E-state index is 0.295. The SMILES string of the molecule is CC1CCC(CNCC(C)(C)N2CCN(C)CC2)CC1. The van der Waals surface area contributed by atoms with Gasteiger partial charge in [-0.3, -0.25) is 4.90 Å². The van der Waals surface area contributed by atoms with Gasteiger partial charge in [0.05, 0.1) is 0 Å². The van der Waals surface area contributed by atoms with Crippen molar-refractivity contribution in [2.24, 2.45) is 11.8 Å². The Labute approximate surface area is 126 Å². The molecule has 0 radical (unpaired) electrons. The Morgan fingerprint density at radius 3 is 2.20 bits per heavy atom. The van der Waals surface area contributed by atoms with E-state index >= 15 is 0 Å². The van der Waals surface area contributed by atoms with Crippen molar-refractivity contribution in [3.05, 3.63) is 0 Å². The maximum absolute atomic E-state index is 3.76. The summed E-state index contributed by atoms with van der Waals surface area (Å²) in [4.78, 5) is 5.09. The second-order valence-corrected chi connectivity index (χ2v) is 7.86. The molecule has 0 aromatic heterocycles. The summed E-state index contributed by atoms with van der Waals surface area (Å²) in [6.45, 7) is 14.4. The summed E-state index contributed by atoms with van der Waals surface area (Å²) in [5.74, 6) is 1.89. The average molecular weight is 281 g/mol. The lowest BCUT2D eigenvalue weighted by molar-refractivity contribution is 0.0609. The van der Waals surface area contributed by atoms with Crippen LogP contribution in [-0.4, -0.2) is 61.7 Å². The Morgan fingerprint density at radius 1 is 1.00 bits per heavy atom. The first kappa shape index (κ1) is 16.3. The molecule has 20 heavy (non-hydrogen) atoms. The molecule has 3 heteroatoms. The lowest BCUT2D eigenvalue weighted by Crippen LogP contribution is -2.57. The minimum atomic E-state index is 0.295. The average Bonchev–Trinajstić information content (AvgIpc) is 2.41.